The molecule has 0 bridgehead atoms. The third-order valence-corrected chi connectivity index (χ3v) is 0.289. The van der Waals surface area contributed by atoms with E-state index >= 15 is 0 Å². The van der Waals surface area contributed by atoms with Gasteiger partial charge in [0.1, 0.15) is 0 Å². The van der Waals surface area contributed by atoms with E-state index in [1.165, 1.54) is 0 Å². The molecule has 3 N–H and O–H groups in total. The van der Waals surface area contributed by atoms with Crippen LogP contribution >= 0.6 is 11.6 Å². The molecule has 1 unspecified atom stereocenters. The summed E-state index contributed by atoms with van der Waals surface area (Å²) in [5, 5.41) is 22.6. The van der Waals surface area contributed by atoms with Gasteiger partial charge in [-0.2, -0.15) is 0 Å². The van der Waals surface area contributed by atoms with Crippen molar-refractivity contribution in [3.8, 4) is 0 Å². The Morgan fingerprint density at radius 1 is 1.57 bits per heavy atom. The van der Waals surface area contributed by atoms with Crippen LogP contribution in [0, 0.1) is 0 Å². The Balaban J connectivity index is 0. The Kier molecular flexibility index (Phi) is 13.8. The number of halogens is 1. The number of hydrogen-bond acceptors (Lipinski definition) is 3. The van der Waals surface area contributed by atoms with Gasteiger partial charge in [-0.1, -0.05) is 11.6 Å². The van der Waals surface area contributed by atoms with Crippen LogP contribution in [0.25, 0.3) is 0 Å². The summed E-state index contributed by atoms with van der Waals surface area (Å²) in [5.74, 6) is 0. The molecule has 0 aliphatic carbocycles. The minimum atomic E-state index is -1.09. The molecule has 0 fully saturated rings. The largest absolute Gasteiger partial charge is 0.400 e. The molecule has 46 valence electrons. The van der Waals surface area contributed by atoms with Gasteiger partial charge in [0.15, 0.2) is 5.56 Å². The minimum Gasteiger partial charge on any atom is -0.400 e. The minimum absolute atomic E-state index is 0.373. The monoisotopic (exact) mass is 128 g/mol. The number of alkyl halides is 1. The normalized spacial score (nSPS) is 11.6. The highest BCUT2D eigenvalue weighted by Crippen LogP contribution is 1.81. The molecular weight excluding hydrogens is 119 g/mol. The average Bonchev–Trinajstić information content (AvgIpc) is 1.73. The van der Waals surface area contributed by atoms with Crippen molar-refractivity contribution >= 4 is 11.6 Å². The second-order valence-corrected chi connectivity index (χ2v) is 1.12. The van der Waals surface area contributed by atoms with Crippen LogP contribution in [0.3, 0.4) is 0 Å². The van der Waals surface area contributed by atoms with Crippen LogP contribution in [0.15, 0.2) is 0 Å². The number of aliphatic hydroxyl groups is 3. The number of rotatable bonds is 1. The van der Waals surface area contributed by atoms with E-state index in [1.54, 1.807) is 0 Å². The maximum atomic E-state index is 7.88. The lowest BCUT2D eigenvalue weighted by atomic mass is 10.8. The predicted octanol–water partition coefficient (Wildman–Crippen LogP) is -0.856. The highest BCUT2D eigenvalue weighted by molar-refractivity contribution is 6.19. The lowest BCUT2D eigenvalue weighted by Gasteiger charge is -1.87. The summed E-state index contributed by atoms with van der Waals surface area (Å²) in [6.45, 7) is -0.373. The first-order chi connectivity index (χ1) is 3.27. The Bertz CT molecular complexity index is 24.1. The van der Waals surface area contributed by atoms with Crippen molar-refractivity contribution in [1.29, 1.82) is 0 Å². The molecule has 4 heteroatoms. The molecule has 3 nitrogen and oxygen atoms in total. The molecule has 0 rings (SSSR count). The maximum absolute atomic E-state index is 7.88. The summed E-state index contributed by atoms with van der Waals surface area (Å²) < 4.78 is 0. The van der Waals surface area contributed by atoms with Crippen molar-refractivity contribution in [2.75, 3.05) is 13.7 Å². The van der Waals surface area contributed by atoms with Gasteiger partial charge < -0.3 is 15.3 Å². The Morgan fingerprint density at radius 2 is 1.71 bits per heavy atom. The second-order valence-electron chi connectivity index (χ2n) is 0.617. The topological polar surface area (TPSA) is 60.7 Å². The van der Waals surface area contributed by atoms with Gasteiger partial charge in [-0.15, -0.1) is 0 Å². The van der Waals surface area contributed by atoms with Crippen molar-refractivity contribution in [3.05, 3.63) is 0 Å². The lowest BCUT2D eigenvalue weighted by molar-refractivity contribution is 0.155. The molecule has 0 spiro atoms. The van der Waals surface area contributed by atoms with Crippen molar-refractivity contribution in [2.24, 2.45) is 0 Å². The molecule has 0 saturated carbocycles. The third kappa shape index (κ3) is 22.8. The molecule has 7 heavy (non-hydrogen) atoms. The predicted molar refractivity (Wildman–Crippen MR) is 27.1 cm³/mol. The zero-order valence-corrected chi connectivity index (χ0v) is 4.76. The molecule has 0 amide bonds. The SMILES string of the molecule is CO.OCC(O)Cl. The summed E-state index contributed by atoms with van der Waals surface area (Å²) in [6.07, 6.45) is 0. The van der Waals surface area contributed by atoms with Crippen molar-refractivity contribution in [2.45, 2.75) is 5.56 Å². The highest BCUT2D eigenvalue weighted by atomic mass is 35.5. The molecule has 0 aliphatic heterocycles. The van der Waals surface area contributed by atoms with Gasteiger partial charge in [0, 0.05) is 7.11 Å². The van der Waals surface area contributed by atoms with Crippen LogP contribution < -0.4 is 0 Å². The van der Waals surface area contributed by atoms with Gasteiger partial charge >= 0.3 is 0 Å². The molecule has 0 heterocycles. The van der Waals surface area contributed by atoms with Gasteiger partial charge in [0.25, 0.3) is 0 Å². The standard InChI is InChI=1S/C2H5ClO2.CH4O/c3-2(5)1-4;1-2/h2,4-5H,1H2;2H,1H3. The quantitative estimate of drug-likeness (QED) is 0.403. The Labute approximate surface area is 47.2 Å². The van der Waals surface area contributed by atoms with Gasteiger partial charge in [-0.25, -0.2) is 0 Å². The van der Waals surface area contributed by atoms with E-state index in [1.807, 2.05) is 0 Å². The zero-order valence-electron chi connectivity index (χ0n) is 4.00. The molecule has 0 aromatic heterocycles. The van der Waals surface area contributed by atoms with E-state index in [-0.39, 0.29) is 6.61 Å². The van der Waals surface area contributed by atoms with E-state index in [0.717, 1.165) is 7.11 Å². The molecule has 0 aromatic rings. The Morgan fingerprint density at radius 3 is 1.71 bits per heavy atom. The average molecular weight is 129 g/mol. The summed E-state index contributed by atoms with van der Waals surface area (Å²) in [5.41, 5.74) is -1.09. The summed E-state index contributed by atoms with van der Waals surface area (Å²) in [6, 6.07) is 0. The first-order valence-corrected chi connectivity index (χ1v) is 2.08. The summed E-state index contributed by atoms with van der Waals surface area (Å²) in [7, 11) is 1.00. The van der Waals surface area contributed by atoms with Crippen molar-refractivity contribution in [1.82, 2.24) is 0 Å². The Hall–Kier alpha value is 0.170. The van der Waals surface area contributed by atoms with Crippen LogP contribution in [0.2, 0.25) is 0 Å². The third-order valence-electron chi connectivity index (χ3n) is 0.151. The highest BCUT2D eigenvalue weighted by Gasteiger charge is 1.86. The van der Waals surface area contributed by atoms with Crippen LogP contribution in [0.1, 0.15) is 0 Å². The van der Waals surface area contributed by atoms with E-state index in [9.17, 15) is 0 Å². The van der Waals surface area contributed by atoms with Crippen molar-refractivity contribution in [3.63, 3.8) is 0 Å². The van der Waals surface area contributed by atoms with Crippen LogP contribution in [0.5, 0.6) is 0 Å². The molecular formula is C3H9ClO3. The second kappa shape index (κ2) is 9.48. The van der Waals surface area contributed by atoms with E-state index < -0.39 is 5.56 Å². The molecule has 0 radical (unpaired) electrons. The fourth-order valence-electron chi connectivity index (χ4n) is 0. The zero-order chi connectivity index (χ0) is 6.28. The fraction of sp³-hybridized carbons (Fsp3) is 1.00. The van der Waals surface area contributed by atoms with Gasteiger partial charge in [0.05, 0.1) is 6.61 Å². The maximum Gasteiger partial charge on any atom is 0.150 e. The number of hydrogen-bond donors (Lipinski definition) is 3. The summed E-state index contributed by atoms with van der Waals surface area (Å²) >= 11 is 4.77. The number of aliphatic hydroxyl groups excluding tert-OH is 3. The molecule has 0 aliphatic rings. The molecule has 0 saturated heterocycles. The van der Waals surface area contributed by atoms with Gasteiger partial charge in [-0.3, -0.25) is 0 Å². The van der Waals surface area contributed by atoms with Crippen LogP contribution in [-0.4, -0.2) is 34.6 Å². The lowest BCUT2D eigenvalue weighted by Crippen LogP contribution is -1.99. The first-order valence-electron chi connectivity index (χ1n) is 1.65. The van der Waals surface area contributed by atoms with E-state index in [2.05, 4.69) is 0 Å². The molecule has 1 atom stereocenters. The smallest absolute Gasteiger partial charge is 0.150 e. The van der Waals surface area contributed by atoms with Crippen LogP contribution in [-0.2, 0) is 0 Å². The van der Waals surface area contributed by atoms with E-state index in [4.69, 9.17) is 26.9 Å². The van der Waals surface area contributed by atoms with Gasteiger partial charge in [0.2, 0.25) is 0 Å². The summed E-state index contributed by atoms with van der Waals surface area (Å²) in [4.78, 5) is 0. The van der Waals surface area contributed by atoms with Gasteiger partial charge in [-0.05, 0) is 0 Å². The first kappa shape index (κ1) is 10.2. The fourth-order valence-corrected chi connectivity index (χ4v) is 0. The van der Waals surface area contributed by atoms with Crippen LogP contribution in [0.4, 0.5) is 0 Å². The molecule has 0 aromatic carbocycles. The van der Waals surface area contributed by atoms with Crippen molar-refractivity contribution < 1.29 is 15.3 Å². The van der Waals surface area contributed by atoms with E-state index in [0.29, 0.717) is 0 Å².